The molecular weight excluding hydrogens is 334 g/mol. The summed E-state index contributed by atoms with van der Waals surface area (Å²) in [7, 11) is 1.39. The van der Waals surface area contributed by atoms with E-state index in [1.165, 1.54) is 24.4 Å². The number of rotatable bonds is 1. The van der Waals surface area contributed by atoms with Crippen molar-refractivity contribution in [2.45, 2.75) is 4.90 Å². The predicted molar refractivity (Wildman–Crippen MR) is 66.1 cm³/mol. The van der Waals surface area contributed by atoms with E-state index in [1.54, 1.807) is 0 Å². The molecule has 90 valence electrons. The highest BCUT2D eigenvalue weighted by atomic mass is 79.9. The summed E-state index contributed by atoms with van der Waals surface area (Å²) in [6, 6.07) is 3.97. The quantitative estimate of drug-likeness (QED) is 0.811. The van der Waals surface area contributed by atoms with Gasteiger partial charge in [-0.25, -0.2) is 13.2 Å². The zero-order valence-electron chi connectivity index (χ0n) is 8.09. The molecule has 0 spiro atoms. The van der Waals surface area contributed by atoms with Gasteiger partial charge in [-0.2, -0.15) is 0 Å². The molecule has 2 rings (SSSR count). The second kappa shape index (κ2) is 4.01. The average Bonchev–Trinajstić information content (AvgIpc) is 2.55. The summed E-state index contributed by atoms with van der Waals surface area (Å²) in [6.45, 7) is 0. The Hall–Kier alpha value is -1.05. The Balaban J connectivity index is 2.81. The number of hydrogen-bond acceptors (Lipinski definition) is 3. The van der Waals surface area contributed by atoms with E-state index in [4.69, 9.17) is 15.8 Å². The smallest absolute Gasteiger partial charge is 0.416 e. The van der Waals surface area contributed by atoms with Crippen LogP contribution in [0.4, 0.5) is 4.79 Å². The van der Waals surface area contributed by atoms with Gasteiger partial charge in [-0.3, -0.25) is 4.57 Å². The van der Waals surface area contributed by atoms with E-state index in [-0.39, 0.29) is 4.90 Å². The predicted octanol–water partition coefficient (Wildman–Crippen LogP) is 2.86. The molecule has 5 nitrogen and oxygen atoms in total. The summed E-state index contributed by atoms with van der Waals surface area (Å²) >= 11 is 3.16. The first-order valence-corrected chi connectivity index (χ1v) is 7.39. The number of hydrogen-bond donors (Lipinski definition) is 1. The zero-order chi connectivity index (χ0) is 12.8. The van der Waals surface area contributed by atoms with Gasteiger partial charge in [-0.15, -0.1) is 0 Å². The molecule has 1 N–H and O–H groups in total. The van der Waals surface area contributed by atoms with Gasteiger partial charge in [0, 0.05) is 26.7 Å². The highest BCUT2D eigenvalue weighted by molar-refractivity contribution is 9.10. The highest BCUT2D eigenvalue weighted by Crippen LogP contribution is 2.29. The molecule has 0 bridgehead atoms. The normalized spacial score (nSPS) is 11.9. The maximum absolute atomic E-state index is 11.2. The van der Waals surface area contributed by atoms with Gasteiger partial charge < -0.3 is 5.11 Å². The van der Waals surface area contributed by atoms with Crippen LogP contribution in [0.5, 0.6) is 0 Å². The van der Waals surface area contributed by atoms with Gasteiger partial charge >= 0.3 is 6.09 Å². The molecule has 17 heavy (non-hydrogen) atoms. The Morgan fingerprint density at radius 3 is 2.59 bits per heavy atom. The lowest BCUT2D eigenvalue weighted by Crippen LogP contribution is -2.05. The van der Waals surface area contributed by atoms with Crippen molar-refractivity contribution < 1.29 is 18.3 Å². The molecule has 8 heteroatoms. The summed E-state index contributed by atoms with van der Waals surface area (Å²) in [5.41, 5.74) is 0.383. The van der Waals surface area contributed by atoms with Gasteiger partial charge in [0.2, 0.25) is 0 Å². The van der Waals surface area contributed by atoms with Crippen molar-refractivity contribution in [1.82, 2.24) is 4.57 Å². The lowest BCUT2D eigenvalue weighted by Gasteiger charge is -1.99. The molecule has 0 saturated heterocycles. The molecule has 1 aromatic heterocycles. The molecule has 0 aliphatic heterocycles. The van der Waals surface area contributed by atoms with Gasteiger partial charge in [0.15, 0.2) is 0 Å². The lowest BCUT2D eigenvalue weighted by atomic mass is 10.2. The van der Waals surface area contributed by atoms with E-state index >= 15 is 0 Å². The molecule has 0 unspecified atom stereocenters. The van der Waals surface area contributed by atoms with E-state index in [0.29, 0.717) is 15.4 Å². The number of carbonyl (C=O) groups is 1. The summed E-state index contributed by atoms with van der Waals surface area (Å²) in [6.07, 6.45) is 0.194. The number of nitrogens with zero attached hydrogens (tertiary/aromatic N) is 1. The van der Waals surface area contributed by atoms with Gasteiger partial charge in [0.1, 0.15) is 0 Å². The maximum atomic E-state index is 11.2. The van der Waals surface area contributed by atoms with Crippen LogP contribution in [0.2, 0.25) is 0 Å². The number of halogens is 2. The summed E-state index contributed by atoms with van der Waals surface area (Å²) in [5.74, 6) is 0. The molecule has 0 aliphatic rings. The Bertz CT molecular complexity index is 722. The highest BCUT2D eigenvalue weighted by Gasteiger charge is 2.15. The van der Waals surface area contributed by atoms with E-state index < -0.39 is 15.1 Å². The number of benzene rings is 1. The maximum Gasteiger partial charge on any atom is 0.416 e. The molecule has 1 aromatic carbocycles. The molecule has 0 saturated carbocycles. The van der Waals surface area contributed by atoms with Crippen LogP contribution in [0, 0.1) is 0 Å². The Labute approximate surface area is 109 Å². The fourth-order valence-corrected chi connectivity index (χ4v) is 2.78. The third-order valence-electron chi connectivity index (χ3n) is 2.21. The van der Waals surface area contributed by atoms with Gasteiger partial charge in [0.25, 0.3) is 9.05 Å². The third-order valence-corrected chi connectivity index (χ3v) is 4.20. The first-order valence-electron chi connectivity index (χ1n) is 4.29. The van der Waals surface area contributed by atoms with E-state index in [0.717, 1.165) is 4.57 Å². The van der Waals surface area contributed by atoms with Crippen LogP contribution in [0.1, 0.15) is 0 Å². The lowest BCUT2D eigenvalue weighted by molar-refractivity contribution is 0.197. The summed E-state index contributed by atoms with van der Waals surface area (Å²) in [5, 5.41) is 9.39. The van der Waals surface area contributed by atoms with Gasteiger partial charge in [-0.1, -0.05) is 0 Å². The van der Waals surface area contributed by atoms with Gasteiger partial charge in [0.05, 0.1) is 10.4 Å². The second-order valence-corrected chi connectivity index (χ2v) is 6.67. The first kappa shape index (κ1) is 12.4. The van der Waals surface area contributed by atoms with Crippen LogP contribution < -0.4 is 0 Å². The number of carboxylic acid groups (broad SMARTS) is 1. The van der Waals surface area contributed by atoms with E-state index in [1.807, 2.05) is 0 Å². The third kappa shape index (κ3) is 2.18. The second-order valence-electron chi connectivity index (χ2n) is 3.25. The molecule has 0 radical (unpaired) electrons. The van der Waals surface area contributed by atoms with Crippen molar-refractivity contribution in [3.05, 3.63) is 28.9 Å². The zero-order valence-corrected chi connectivity index (χ0v) is 11.3. The van der Waals surface area contributed by atoms with Crippen LogP contribution in [-0.4, -0.2) is 24.2 Å². The molecule has 0 aliphatic carbocycles. The minimum Gasteiger partial charge on any atom is -0.464 e. The molecular formula is C9H5BrClNO4S. The Morgan fingerprint density at radius 2 is 2.06 bits per heavy atom. The minimum absolute atomic E-state index is 0.0736. The standard InChI is InChI=1S/C9H5BrClNO4S/c10-7-4-12(9(13)14)8-2-1-5(3-6(7)8)17(11,15)16/h1-4H,(H,13,14). The van der Waals surface area contributed by atoms with Crippen LogP contribution in [0.15, 0.2) is 33.8 Å². The SMILES string of the molecule is O=C(O)n1cc(Br)c2cc(S(=O)(=O)Cl)ccc21. The molecule has 0 atom stereocenters. The van der Waals surface area contributed by atoms with Crippen molar-refractivity contribution in [2.75, 3.05) is 0 Å². The van der Waals surface area contributed by atoms with Crippen LogP contribution in [-0.2, 0) is 9.05 Å². The topological polar surface area (TPSA) is 76.4 Å². The van der Waals surface area contributed by atoms with Crippen molar-refractivity contribution in [3.8, 4) is 0 Å². The summed E-state index contributed by atoms with van der Waals surface area (Å²) < 4.78 is 23.8. The van der Waals surface area contributed by atoms with Crippen molar-refractivity contribution in [2.24, 2.45) is 0 Å². The minimum atomic E-state index is -3.83. The molecule has 0 amide bonds. The molecule has 2 aromatic rings. The Morgan fingerprint density at radius 1 is 1.41 bits per heavy atom. The fraction of sp³-hybridized carbons (Fsp3) is 0. The van der Waals surface area contributed by atoms with Crippen LogP contribution in [0.25, 0.3) is 10.9 Å². The fourth-order valence-electron chi connectivity index (χ4n) is 1.48. The van der Waals surface area contributed by atoms with E-state index in [2.05, 4.69) is 15.9 Å². The number of aromatic nitrogens is 1. The monoisotopic (exact) mass is 337 g/mol. The summed E-state index contributed by atoms with van der Waals surface area (Å²) in [4.78, 5) is 10.8. The van der Waals surface area contributed by atoms with Crippen molar-refractivity contribution in [1.29, 1.82) is 0 Å². The first-order chi connectivity index (χ1) is 7.80. The van der Waals surface area contributed by atoms with Crippen molar-refractivity contribution >= 4 is 52.7 Å². The average molecular weight is 339 g/mol. The number of fused-ring (bicyclic) bond motifs is 1. The molecule has 1 heterocycles. The Kier molecular flexibility index (Phi) is 2.92. The largest absolute Gasteiger partial charge is 0.464 e. The van der Waals surface area contributed by atoms with Crippen molar-refractivity contribution in [3.63, 3.8) is 0 Å². The van der Waals surface area contributed by atoms with E-state index in [9.17, 15) is 13.2 Å². The van der Waals surface area contributed by atoms with Crippen LogP contribution in [0.3, 0.4) is 0 Å². The molecule has 0 fully saturated rings. The van der Waals surface area contributed by atoms with Crippen LogP contribution >= 0.6 is 26.6 Å². The van der Waals surface area contributed by atoms with Gasteiger partial charge in [-0.05, 0) is 34.1 Å².